The molecule has 2 rings (SSSR count). The number of halogens is 2. The molecule has 0 aliphatic heterocycles. The third kappa shape index (κ3) is 1.70. The summed E-state index contributed by atoms with van der Waals surface area (Å²) in [5, 5.41) is 2.09. The first-order chi connectivity index (χ1) is 6.70. The second kappa shape index (κ2) is 3.75. The molecule has 0 atom stereocenters. The summed E-state index contributed by atoms with van der Waals surface area (Å²) in [5.41, 5.74) is 1.08. The molecular formula is C10H6BrClO2. The fourth-order valence-electron chi connectivity index (χ4n) is 1.31. The molecule has 72 valence electrons. The number of benzene rings is 1. The lowest BCUT2D eigenvalue weighted by Gasteiger charge is -2.01. The van der Waals surface area contributed by atoms with E-state index >= 15 is 0 Å². The lowest BCUT2D eigenvalue weighted by molar-refractivity contribution is 0.560. The van der Waals surface area contributed by atoms with Crippen LogP contribution in [0.2, 0.25) is 5.02 Å². The number of hydrogen-bond donors (Lipinski definition) is 0. The van der Waals surface area contributed by atoms with Crippen LogP contribution in [-0.2, 0) is 5.33 Å². The van der Waals surface area contributed by atoms with Gasteiger partial charge in [0.05, 0.1) is 0 Å². The Morgan fingerprint density at radius 1 is 1.36 bits per heavy atom. The Morgan fingerprint density at radius 2 is 2.14 bits per heavy atom. The fourth-order valence-corrected chi connectivity index (χ4v) is 1.94. The molecule has 0 N–H and O–H groups in total. The van der Waals surface area contributed by atoms with Gasteiger partial charge < -0.3 is 4.42 Å². The van der Waals surface area contributed by atoms with E-state index < -0.39 is 0 Å². The normalized spacial score (nSPS) is 10.7. The van der Waals surface area contributed by atoms with Crippen molar-refractivity contribution in [3.63, 3.8) is 0 Å². The monoisotopic (exact) mass is 272 g/mol. The summed E-state index contributed by atoms with van der Waals surface area (Å²) in [4.78, 5) is 11.1. The molecule has 0 aliphatic carbocycles. The van der Waals surface area contributed by atoms with E-state index in [2.05, 4.69) is 15.9 Å². The average Bonchev–Trinajstić information content (AvgIpc) is 2.15. The molecule has 0 unspecified atom stereocenters. The molecule has 0 bridgehead atoms. The van der Waals surface area contributed by atoms with Crippen molar-refractivity contribution in [2.75, 3.05) is 0 Å². The lowest BCUT2D eigenvalue weighted by atomic mass is 10.1. The van der Waals surface area contributed by atoms with E-state index in [1.54, 1.807) is 12.1 Å². The van der Waals surface area contributed by atoms with Crippen LogP contribution in [0.25, 0.3) is 11.0 Å². The summed E-state index contributed by atoms with van der Waals surface area (Å²) in [7, 11) is 0. The first kappa shape index (κ1) is 9.74. The van der Waals surface area contributed by atoms with Crippen LogP contribution in [0.5, 0.6) is 0 Å². The Balaban J connectivity index is 2.87. The Kier molecular flexibility index (Phi) is 2.61. The predicted octanol–water partition coefficient (Wildman–Crippen LogP) is 3.34. The van der Waals surface area contributed by atoms with Crippen LogP contribution in [0.3, 0.4) is 0 Å². The highest BCUT2D eigenvalue weighted by Gasteiger charge is 2.04. The van der Waals surface area contributed by atoms with Gasteiger partial charge in [-0.2, -0.15) is 0 Å². The van der Waals surface area contributed by atoms with Gasteiger partial charge in [-0.05, 0) is 17.7 Å². The third-order valence-electron chi connectivity index (χ3n) is 1.94. The summed E-state index contributed by atoms with van der Waals surface area (Å²) in [5.74, 6) is 0. The highest BCUT2D eigenvalue weighted by Crippen LogP contribution is 2.22. The zero-order valence-corrected chi connectivity index (χ0v) is 9.43. The van der Waals surface area contributed by atoms with Crippen molar-refractivity contribution in [3.05, 3.63) is 45.3 Å². The molecule has 2 aromatic rings. The first-order valence-electron chi connectivity index (χ1n) is 3.99. The van der Waals surface area contributed by atoms with Gasteiger partial charge in [-0.25, -0.2) is 4.79 Å². The maximum atomic E-state index is 11.1. The van der Waals surface area contributed by atoms with Gasteiger partial charge in [-0.3, -0.25) is 0 Å². The van der Waals surface area contributed by atoms with Crippen LogP contribution < -0.4 is 5.63 Å². The van der Waals surface area contributed by atoms with E-state index in [0.29, 0.717) is 15.9 Å². The van der Waals surface area contributed by atoms with Crippen molar-refractivity contribution < 1.29 is 4.42 Å². The van der Waals surface area contributed by atoms with Gasteiger partial charge in [-0.15, -0.1) is 0 Å². The van der Waals surface area contributed by atoms with Gasteiger partial charge in [0.15, 0.2) is 0 Å². The minimum absolute atomic E-state index is 0.353. The Hall–Kier alpha value is -0.800. The maximum Gasteiger partial charge on any atom is 0.336 e. The zero-order chi connectivity index (χ0) is 10.1. The standard InChI is InChI=1S/C10H6BrClO2/c11-5-6-3-10(13)14-9-4-7(12)1-2-8(6)9/h1-4H,5H2. The molecule has 4 heteroatoms. The van der Waals surface area contributed by atoms with E-state index in [4.69, 9.17) is 16.0 Å². The Bertz CT molecular complexity index is 533. The van der Waals surface area contributed by atoms with Crippen molar-refractivity contribution >= 4 is 38.5 Å². The van der Waals surface area contributed by atoms with E-state index in [1.807, 2.05) is 6.07 Å². The molecule has 0 saturated carbocycles. The van der Waals surface area contributed by atoms with E-state index in [1.165, 1.54) is 6.07 Å². The molecule has 0 spiro atoms. The Morgan fingerprint density at radius 3 is 2.86 bits per heavy atom. The molecule has 14 heavy (non-hydrogen) atoms. The molecule has 0 fully saturated rings. The Labute approximate surface area is 93.6 Å². The number of hydrogen-bond acceptors (Lipinski definition) is 2. The maximum absolute atomic E-state index is 11.1. The summed E-state index contributed by atoms with van der Waals surface area (Å²) < 4.78 is 5.02. The van der Waals surface area contributed by atoms with Crippen molar-refractivity contribution in [1.29, 1.82) is 0 Å². The smallest absolute Gasteiger partial charge is 0.336 e. The van der Waals surface area contributed by atoms with Gasteiger partial charge in [0.2, 0.25) is 0 Å². The van der Waals surface area contributed by atoms with Crippen molar-refractivity contribution in [2.45, 2.75) is 5.33 Å². The summed E-state index contributed by atoms with van der Waals surface area (Å²) in [6.07, 6.45) is 0. The van der Waals surface area contributed by atoms with E-state index in [0.717, 1.165) is 10.9 Å². The molecule has 1 aromatic heterocycles. The quantitative estimate of drug-likeness (QED) is 0.589. The number of alkyl halides is 1. The van der Waals surface area contributed by atoms with E-state index in [9.17, 15) is 4.79 Å². The highest BCUT2D eigenvalue weighted by molar-refractivity contribution is 9.08. The minimum atomic E-state index is -0.353. The number of fused-ring (bicyclic) bond motifs is 1. The molecular weight excluding hydrogens is 267 g/mol. The first-order valence-corrected chi connectivity index (χ1v) is 5.49. The van der Waals surface area contributed by atoms with Crippen LogP contribution in [0.4, 0.5) is 0 Å². The molecule has 2 nitrogen and oxygen atoms in total. The topological polar surface area (TPSA) is 30.2 Å². The van der Waals surface area contributed by atoms with Crippen LogP contribution >= 0.6 is 27.5 Å². The van der Waals surface area contributed by atoms with E-state index in [-0.39, 0.29) is 5.63 Å². The van der Waals surface area contributed by atoms with Gasteiger partial charge in [0.25, 0.3) is 0 Å². The van der Waals surface area contributed by atoms with Gasteiger partial charge in [0.1, 0.15) is 5.58 Å². The molecule has 1 heterocycles. The average molecular weight is 274 g/mol. The SMILES string of the molecule is O=c1cc(CBr)c2ccc(Cl)cc2o1. The molecule has 1 aromatic carbocycles. The van der Waals surface area contributed by atoms with Crippen LogP contribution in [0.15, 0.2) is 33.5 Å². The van der Waals surface area contributed by atoms with Crippen LogP contribution in [0.1, 0.15) is 5.56 Å². The molecule has 0 amide bonds. The van der Waals surface area contributed by atoms with Crippen LogP contribution in [0, 0.1) is 0 Å². The lowest BCUT2D eigenvalue weighted by Crippen LogP contribution is -1.98. The predicted molar refractivity (Wildman–Crippen MR) is 60.1 cm³/mol. The fraction of sp³-hybridized carbons (Fsp3) is 0.100. The third-order valence-corrected chi connectivity index (χ3v) is 2.78. The summed E-state index contributed by atoms with van der Waals surface area (Å²) in [6, 6.07) is 6.74. The number of rotatable bonds is 1. The second-order valence-corrected chi connectivity index (χ2v) is 3.86. The van der Waals surface area contributed by atoms with Crippen molar-refractivity contribution in [3.8, 4) is 0 Å². The zero-order valence-electron chi connectivity index (χ0n) is 7.09. The molecule has 0 radical (unpaired) electrons. The summed E-state index contributed by atoms with van der Waals surface area (Å²) >= 11 is 9.11. The van der Waals surface area contributed by atoms with Gasteiger partial charge in [-0.1, -0.05) is 27.5 Å². The van der Waals surface area contributed by atoms with Gasteiger partial charge >= 0.3 is 5.63 Å². The van der Waals surface area contributed by atoms with Crippen molar-refractivity contribution in [2.24, 2.45) is 0 Å². The summed E-state index contributed by atoms with van der Waals surface area (Å²) in [6.45, 7) is 0. The van der Waals surface area contributed by atoms with Crippen molar-refractivity contribution in [1.82, 2.24) is 0 Å². The largest absolute Gasteiger partial charge is 0.423 e. The second-order valence-electron chi connectivity index (χ2n) is 2.86. The molecule has 0 saturated heterocycles. The van der Waals surface area contributed by atoms with Crippen LogP contribution in [-0.4, -0.2) is 0 Å². The van der Waals surface area contributed by atoms with Gasteiger partial charge in [0, 0.05) is 27.9 Å². The highest BCUT2D eigenvalue weighted by atomic mass is 79.9. The minimum Gasteiger partial charge on any atom is -0.423 e. The molecule has 0 aliphatic rings.